The van der Waals surface area contributed by atoms with E-state index in [0.29, 0.717) is 5.15 Å². The maximum absolute atomic E-state index is 12.2. The van der Waals surface area contributed by atoms with Gasteiger partial charge >= 0.3 is 0 Å². The Morgan fingerprint density at radius 3 is 2.95 bits per heavy atom. The summed E-state index contributed by atoms with van der Waals surface area (Å²) >= 11 is 6.11. The second-order valence-corrected chi connectivity index (χ2v) is 4.86. The van der Waals surface area contributed by atoms with E-state index in [1.807, 2.05) is 31.2 Å². The lowest BCUT2D eigenvalue weighted by Gasteiger charge is -2.12. The lowest BCUT2D eigenvalue weighted by atomic mass is 10.1. The van der Waals surface area contributed by atoms with E-state index < -0.39 is 0 Å². The van der Waals surface area contributed by atoms with Gasteiger partial charge in [0.05, 0.1) is 6.04 Å². The standard InChI is InChI=1S/C16H15ClN2O/c1-3-7-12(4-2)18-16(20)14-10-11-8-5-6-9-13(11)15(17)19-14/h2,5-6,8-10,12H,3,7H2,1H3,(H,18,20). The van der Waals surface area contributed by atoms with E-state index in [0.717, 1.165) is 23.6 Å². The molecule has 20 heavy (non-hydrogen) atoms. The van der Waals surface area contributed by atoms with Crippen LogP contribution >= 0.6 is 11.6 Å². The first-order chi connectivity index (χ1) is 9.65. The Hall–Kier alpha value is -2.05. The summed E-state index contributed by atoms with van der Waals surface area (Å²) in [7, 11) is 0. The molecule has 2 rings (SSSR count). The van der Waals surface area contributed by atoms with Crippen LogP contribution in [0.5, 0.6) is 0 Å². The summed E-state index contributed by atoms with van der Waals surface area (Å²) in [4.78, 5) is 16.3. The smallest absolute Gasteiger partial charge is 0.270 e. The van der Waals surface area contributed by atoms with Crippen LogP contribution in [-0.4, -0.2) is 16.9 Å². The molecule has 1 unspecified atom stereocenters. The highest BCUT2D eigenvalue weighted by Gasteiger charge is 2.14. The van der Waals surface area contributed by atoms with Crippen molar-refractivity contribution in [3.8, 4) is 12.3 Å². The van der Waals surface area contributed by atoms with Crippen molar-refractivity contribution in [2.24, 2.45) is 0 Å². The van der Waals surface area contributed by atoms with Gasteiger partial charge in [0.15, 0.2) is 0 Å². The highest BCUT2D eigenvalue weighted by Crippen LogP contribution is 2.22. The predicted molar refractivity (Wildman–Crippen MR) is 81.7 cm³/mol. The van der Waals surface area contributed by atoms with Crippen molar-refractivity contribution in [2.75, 3.05) is 0 Å². The molecule has 0 bridgehead atoms. The van der Waals surface area contributed by atoms with Gasteiger partial charge in [-0.25, -0.2) is 4.98 Å². The zero-order chi connectivity index (χ0) is 14.5. The number of hydrogen-bond donors (Lipinski definition) is 1. The van der Waals surface area contributed by atoms with Crippen molar-refractivity contribution in [1.29, 1.82) is 0 Å². The third-order valence-corrected chi connectivity index (χ3v) is 3.30. The van der Waals surface area contributed by atoms with Crippen LogP contribution in [0, 0.1) is 12.3 Å². The normalized spacial score (nSPS) is 11.8. The van der Waals surface area contributed by atoms with Crippen molar-refractivity contribution in [3.63, 3.8) is 0 Å². The summed E-state index contributed by atoms with van der Waals surface area (Å²) in [6, 6.07) is 8.97. The first-order valence-corrected chi connectivity index (χ1v) is 6.85. The number of carbonyl (C=O) groups excluding carboxylic acids is 1. The van der Waals surface area contributed by atoms with Gasteiger partial charge in [0.25, 0.3) is 5.91 Å². The number of rotatable bonds is 4. The summed E-state index contributed by atoms with van der Waals surface area (Å²) in [6.45, 7) is 2.02. The van der Waals surface area contributed by atoms with E-state index in [-0.39, 0.29) is 17.6 Å². The van der Waals surface area contributed by atoms with E-state index in [2.05, 4.69) is 16.2 Å². The molecule has 102 valence electrons. The number of fused-ring (bicyclic) bond motifs is 1. The van der Waals surface area contributed by atoms with E-state index in [1.165, 1.54) is 0 Å². The molecule has 0 radical (unpaired) electrons. The van der Waals surface area contributed by atoms with Gasteiger partial charge in [-0.1, -0.05) is 55.1 Å². The Kier molecular flexibility index (Phi) is 4.60. The second-order valence-electron chi connectivity index (χ2n) is 4.50. The number of carbonyl (C=O) groups is 1. The molecule has 2 aromatic rings. The van der Waals surface area contributed by atoms with Gasteiger partial charge in [0, 0.05) is 5.39 Å². The van der Waals surface area contributed by atoms with Gasteiger partial charge in [-0.2, -0.15) is 0 Å². The molecule has 1 aromatic heterocycles. The van der Waals surface area contributed by atoms with Gasteiger partial charge in [-0.05, 0) is 17.9 Å². The van der Waals surface area contributed by atoms with Gasteiger partial charge in [0.2, 0.25) is 0 Å². The van der Waals surface area contributed by atoms with E-state index >= 15 is 0 Å². The SMILES string of the molecule is C#CC(CCC)NC(=O)c1cc2ccccc2c(Cl)n1. The molecular formula is C16H15ClN2O. The van der Waals surface area contributed by atoms with Crippen LogP contribution in [-0.2, 0) is 0 Å². The Morgan fingerprint density at radius 2 is 2.25 bits per heavy atom. The van der Waals surface area contributed by atoms with Crippen LogP contribution in [0.25, 0.3) is 10.8 Å². The molecule has 1 amide bonds. The van der Waals surface area contributed by atoms with Crippen molar-refractivity contribution in [3.05, 3.63) is 41.2 Å². The molecular weight excluding hydrogens is 272 g/mol. The molecule has 1 heterocycles. The minimum absolute atomic E-state index is 0.278. The van der Waals surface area contributed by atoms with Crippen molar-refractivity contribution in [1.82, 2.24) is 10.3 Å². The maximum atomic E-state index is 12.2. The van der Waals surface area contributed by atoms with Gasteiger partial charge in [-0.3, -0.25) is 4.79 Å². The van der Waals surface area contributed by atoms with E-state index in [9.17, 15) is 4.79 Å². The lowest BCUT2D eigenvalue weighted by Crippen LogP contribution is -2.34. The minimum Gasteiger partial charge on any atom is -0.337 e. The van der Waals surface area contributed by atoms with Crippen LogP contribution in [0.15, 0.2) is 30.3 Å². The molecule has 0 aliphatic rings. The van der Waals surface area contributed by atoms with Crippen molar-refractivity contribution < 1.29 is 4.79 Å². The van der Waals surface area contributed by atoms with Crippen LogP contribution in [0.2, 0.25) is 5.15 Å². The average molecular weight is 287 g/mol. The van der Waals surface area contributed by atoms with Crippen molar-refractivity contribution in [2.45, 2.75) is 25.8 Å². The van der Waals surface area contributed by atoms with E-state index in [4.69, 9.17) is 18.0 Å². The first-order valence-electron chi connectivity index (χ1n) is 6.48. The predicted octanol–water partition coefficient (Wildman–Crippen LogP) is 3.42. The summed E-state index contributed by atoms with van der Waals surface area (Å²) in [5, 5.41) is 4.81. The summed E-state index contributed by atoms with van der Waals surface area (Å²) in [6.07, 6.45) is 7.04. The molecule has 0 aliphatic carbocycles. The summed E-state index contributed by atoms with van der Waals surface area (Å²) in [5.74, 6) is 2.27. The first kappa shape index (κ1) is 14.4. The minimum atomic E-state index is -0.297. The molecule has 0 spiro atoms. The number of terminal acetylenes is 1. The topological polar surface area (TPSA) is 42.0 Å². The number of benzene rings is 1. The molecule has 0 saturated heterocycles. The zero-order valence-corrected chi connectivity index (χ0v) is 11.9. The molecule has 0 aliphatic heterocycles. The quantitative estimate of drug-likeness (QED) is 0.691. The number of amides is 1. The molecule has 1 N–H and O–H groups in total. The van der Waals surface area contributed by atoms with Crippen molar-refractivity contribution >= 4 is 28.3 Å². The molecule has 1 atom stereocenters. The summed E-state index contributed by atoms with van der Waals surface area (Å²) < 4.78 is 0. The number of nitrogens with zero attached hydrogens (tertiary/aromatic N) is 1. The number of halogens is 1. The van der Waals surface area contributed by atoms with Crippen LogP contribution < -0.4 is 5.32 Å². The summed E-state index contributed by atoms with van der Waals surface area (Å²) in [5.41, 5.74) is 0.282. The number of hydrogen-bond acceptors (Lipinski definition) is 2. The fourth-order valence-electron chi connectivity index (χ4n) is 1.99. The Bertz CT molecular complexity index is 676. The number of aromatic nitrogens is 1. The monoisotopic (exact) mass is 286 g/mol. The Morgan fingerprint density at radius 1 is 1.50 bits per heavy atom. The Balaban J connectivity index is 2.29. The van der Waals surface area contributed by atoms with Crippen LogP contribution in [0.4, 0.5) is 0 Å². The van der Waals surface area contributed by atoms with Gasteiger partial charge in [-0.15, -0.1) is 6.42 Å². The number of pyridine rings is 1. The van der Waals surface area contributed by atoms with Gasteiger partial charge in [0.1, 0.15) is 10.8 Å². The van der Waals surface area contributed by atoms with Gasteiger partial charge < -0.3 is 5.32 Å². The zero-order valence-electron chi connectivity index (χ0n) is 11.2. The molecule has 0 fully saturated rings. The van der Waals surface area contributed by atoms with E-state index in [1.54, 1.807) is 6.07 Å². The average Bonchev–Trinajstić information content (AvgIpc) is 2.46. The third-order valence-electron chi connectivity index (χ3n) is 3.01. The Labute approximate surface area is 123 Å². The lowest BCUT2D eigenvalue weighted by molar-refractivity contribution is 0.0939. The number of nitrogens with one attached hydrogen (secondary N) is 1. The maximum Gasteiger partial charge on any atom is 0.270 e. The van der Waals surface area contributed by atoms with Crippen LogP contribution in [0.1, 0.15) is 30.3 Å². The second kappa shape index (κ2) is 6.40. The highest BCUT2D eigenvalue weighted by molar-refractivity contribution is 6.34. The molecule has 4 heteroatoms. The fraction of sp³-hybridized carbons (Fsp3) is 0.250. The van der Waals surface area contributed by atoms with Crippen LogP contribution in [0.3, 0.4) is 0 Å². The largest absolute Gasteiger partial charge is 0.337 e. The molecule has 3 nitrogen and oxygen atoms in total. The third kappa shape index (κ3) is 3.09. The highest BCUT2D eigenvalue weighted by atomic mass is 35.5. The molecule has 0 saturated carbocycles. The molecule has 1 aromatic carbocycles. The fourth-order valence-corrected chi connectivity index (χ4v) is 2.25.